The SMILES string of the molecule is COc1cccc(OC)c1CN1CCCC(c2[nH]ncc2CC(C)C)C1. The van der Waals surface area contributed by atoms with E-state index in [1.807, 2.05) is 24.4 Å². The van der Waals surface area contributed by atoms with Crippen LogP contribution in [-0.2, 0) is 13.0 Å². The van der Waals surface area contributed by atoms with Gasteiger partial charge in [-0.2, -0.15) is 5.10 Å². The lowest BCUT2D eigenvalue weighted by molar-refractivity contribution is 0.193. The van der Waals surface area contributed by atoms with Gasteiger partial charge in [0, 0.05) is 24.7 Å². The number of methoxy groups -OCH3 is 2. The number of benzene rings is 1. The number of nitrogens with one attached hydrogen (secondary N) is 1. The number of ether oxygens (including phenoxy) is 2. The Hall–Kier alpha value is -2.01. The summed E-state index contributed by atoms with van der Waals surface area (Å²) in [6, 6.07) is 5.99. The molecule has 0 amide bonds. The molecule has 1 fully saturated rings. The van der Waals surface area contributed by atoms with Gasteiger partial charge in [-0.3, -0.25) is 10.00 Å². The molecule has 1 aromatic carbocycles. The van der Waals surface area contributed by atoms with Crippen molar-refractivity contribution in [3.63, 3.8) is 0 Å². The molecule has 1 aliphatic heterocycles. The standard InChI is InChI=1S/C21H31N3O2/c1-15(2)11-17-12-22-23-21(17)16-7-6-10-24(13-16)14-18-19(25-3)8-5-9-20(18)26-4/h5,8-9,12,15-16H,6-7,10-11,13-14H2,1-4H3,(H,22,23). The predicted molar refractivity (Wildman–Crippen MR) is 104 cm³/mol. The molecule has 142 valence electrons. The molecule has 1 saturated heterocycles. The molecule has 0 bridgehead atoms. The molecule has 1 N–H and O–H groups in total. The fourth-order valence-electron chi connectivity index (χ4n) is 4.02. The Morgan fingerprint density at radius 3 is 2.62 bits per heavy atom. The zero-order chi connectivity index (χ0) is 18.5. The van der Waals surface area contributed by atoms with E-state index in [0.29, 0.717) is 11.8 Å². The van der Waals surface area contributed by atoms with Gasteiger partial charge in [-0.15, -0.1) is 0 Å². The molecule has 0 radical (unpaired) electrons. The minimum Gasteiger partial charge on any atom is -0.496 e. The first kappa shape index (κ1) is 18.8. The third-order valence-corrected chi connectivity index (χ3v) is 5.20. The molecule has 5 nitrogen and oxygen atoms in total. The molecule has 2 aromatic rings. The maximum Gasteiger partial charge on any atom is 0.127 e. The van der Waals surface area contributed by atoms with E-state index in [2.05, 4.69) is 28.9 Å². The monoisotopic (exact) mass is 357 g/mol. The Labute approximate surface area is 156 Å². The molecular weight excluding hydrogens is 326 g/mol. The predicted octanol–water partition coefficient (Wildman–Crippen LogP) is 4.01. The first-order valence-electron chi connectivity index (χ1n) is 9.56. The Bertz CT molecular complexity index is 689. The summed E-state index contributed by atoms with van der Waals surface area (Å²) in [6.07, 6.45) is 5.51. The maximum atomic E-state index is 5.57. The lowest BCUT2D eigenvalue weighted by atomic mass is 9.90. The van der Waals surface area contributed by atoms with Crippen LogP contribution in [0.5, 0.6) is 11.5 Å². The minimum absolute atomic E-state index is 0.515. The average molecular weight is 357 g/mol. The van der Waals surface area contributed by atoms with Crippen molar-refractivity contribution < 1.29 is 9.47 Å². The molecule has 1 atom stereocenters. The van der Waals surface area contributed by atoms with Crippen LogP contribution in [0.4, 0.5) is 0 Å². The van der Waals surface area contributed by atoms with Gasteiger partial charge in [0.25, 0.3) is 0 Å². The third-order valence-electron chi connectivity index (χ3n) is 5.20. The Morgan fingerprint density at radius 1 is 1.23 bits per heavy atom. The normalized spacial score (nSPS) is 18.3. The van der Waals surface area contributed by atoms with E-state index in [4.69, 9.17) is 9.47 Å². The highest BCUT2D eigenvalue weighted by Crippen LogP contribution is 2.33. The summed E-state index contributed by atoms with van der Waals surface area (Å²) in [7, 11) is 3.44. The number of likely N-dealkylation sites (tertiary alicyclic amines) is 1. The number of aromatic nitrogens is 2. The van der Waals surface area contributed by atoms with Gasteiger partial charge in [0.05, 0.1) is 26.0 Å². The second-order valence-electron chi connectivity index (χ2n) is 7.62. The van der Waals surface area contributed by atoms with E-state index in [9.17, 15) is 0 Å². The highest BCUT2D eigenvalue weighted by atomic mass is 16.5. The molecule has 1 aromatic heterocycles. The number of hydrogen-bond acceptors (Lipinski definition) is 4. The van der Waals surface area contributed by atoms with Crippen LogP contribution in [0.1, 0.15) is 49.4 Å². The largest absolute Gasteiger partial charge is 0.496 e. The van der Waals surface area contributed by atoms with Crippen molar-refractivity contribution in [2.24, 2.45) is 5.92 Å². The van der Waals surface area contributed by atoms with Gasteiger partial charge in [-0.1, -0.05) is 19.9 Å². The summed E-state index contributed by atoms with van der Waals surface area (Å²) >= 11 is 0. The van der Waals surface area contributed by atoms with Crippen molar-refractivity contribution in [2.45, 2.75) is 45.6 Å². The molecule has 26 heavy (non-hydrogen) atoms. The number of rotatable bonds is 7. The molecule has 3 rings (SSSR count). The van der Waals surface area contributed by atoms with Crippen LogP contribution in [0, 0.1) is 5.92 Å². The van der Waals surface area contributed by atoms with Gasteiger partial charge in [0.1, 0.15) is 11.5 Å². The van der Waals surface area contributed by atoms with Gasteiger partial charge >= 0.3 is 0 Å². The van der Waals surface area contributed by atoms with Crippen molar-refractivity contribution in [3.8, 4) is 11.5 Å². The average Bonchev–Trinajstić information content (AvgIpc) is 3.09. The van der Waals surface area contributed by atoms with E-state index >= 15 is 0 Å². The number of hydrogen-bond donors (Lipinski definition) is 1. The number of piperidine rings is 1. The van der Waals surface area contributed by atoms with Crippen LogP contribution in [0.3, 0.4) is 0 Å². The van der Waals surface area contributed by atoms with Gasteiger partial charge in [0.15, 0.2) is 0 Å². The molecule has 0 saturated carbocycles. The zero-order valence-corrected chi connectivity index (χ0v) is 16.4. The van der Waals surface area contributed by atoms with E-state index in [-0.39, 0.29) is 0 Å². The van der Waals surface area contributed by atoms with Crippen LogP contribution >= 0.6 is 0 Å². The van der Waals surface area contributed by atoms with Crippen molar-refractivity contribution in [3.05, 3.63) is 41.2 Å². The van der Waals surface area contributed by atoms with Crippen LogP contribution in [0.25, 0.3) is 0 Å². The van der Waals surface area contributed by atoms with Crippen LogP contribution in [-0.4, -0.2) is 42.4 Å². The van der Waals surface area contributed by atoms with Crippen molar-refractivity contribution >= 4 is 0 Å². The summed E-state index contributed by atoms with van der Waals surface area (Å²) in [5, 5.41) is 7.61. The second-order valence-corrected chi connectivity index (χ2v) is 7.62. The molecule has 1 aliphatic rings. The number of nitrogens with zero attached hydrogens (tertiary/aromatic N) is 2. The van der Waals surface area contributed by atoms with Gasteiger partial charge in [-0.05, 0) is 49.4 Å². The summed E-state index contributed by atoms with van der Waals surface area (Å²) in [4.78, 5) is 2.51. The van der Waals surface area contributed by atoms with E-state index in [1.54, 1.807) is 14.2 Å². The van der Waals surface area contributed by atoms with Crippen LogP contribution in [0.15, 0.2) is 24.4 Å². The van der Waals surface area contributed by atoms with Crippen LogP contribution < -0.4 is 9.47 Å². The zero-order valence-electron chi connectivity index (χ0n) is 16.4. The topological polar surface area (TPSA) is 50.4 Å². The fraction of sp³-hybridized carbons (Fsp3) is 0.571. The molecule has 1 unspecified atom stereocenters. The quantitative estimate of drug-likeness (QED) is 0.813. The van der Waals surface area contributed by atoms with Gasteiger partial charge in [0.2, 0.25) is 0 Å². The molecule has 0 aliphatic carbocycles. The molecule has 0 spiro atoms. The third kappa shape index (κ3) is 4.21. The minimum atomic E-state index is 0.515. The van der Waals surface area contributed by atoms with Crippen molar-refractivity contribution in [1.82, 2.24) is 15.1 Å². The van der Waals surface area contributed by atoms with E-state index in [0.717, 1.165) is 43.1 Å². The van der Waals surface area contributed by atoms with Crippen molar-refractivity contribution in [2.75, 3.05) is 27.3 Å². The summed E-state index contributed by atoms with van der Waals surface area (Å²) in [5.74, 6) is 2.95. The smallest absolute Gasteiger partial charge is 0.127 e. The summed E-state index contributed by atoms with van der Waals surface area (Å²) < 4.78 is 11.1. The summed E-state index contributed by atoms with van der Waals surface area (Å²) in [5.41, 5.74) is 3.84. The molecule has 5 heteroatoms. The van der Waals surface area contributed by atoms with Gasteiger partial charge in [-0.25, -0.2) is 0 Å². The van der Waals surface area contributed by atoms with Gasteiger partial charge < -0.3 is 9.47 Å². The van der Waals surface area contributed by atoms with Crippen LogP contribution in [0.2, 0.25) is 0 Å². The first-order valence-corrected chi connectivity index (χ1v) is 9.56. The first-order chi connectivity index (χ1) is 12.6. The van der Waals surface area contributed by atoms with Crippen molar-refractivity contribution in [1.29, 1.82) is 0 Å². The number of H-pyrrole nitrogens is 1. The highest BCUT2D eigenvalue weighted by Gasteiger charge is 2.26. The second kappa shape index (κ2) is 8.58. The Morgan fingerprint density at radius 2 is 1.96 bits per heavy atom. The Balaban J connectivity index is 1.75. The fourth-order valence-corrected chi connectivity index (χ4v) is 4.02. The summed E-state index contributed by atoms with van der Waals surface area (Å²) in [6.45, 7) is 7.51. The van der Waals surface area contributed by atoms with E-state index in [1.165, 1.54) is 24.1 Å². The lowest BCUT2D eigenvalue weighted by Crippen LogP contribution is -2.34. The molecular formula is C21H31N3O2. The lowest BCUT2D eigenvalue weighted by Gasteiger charge is -2.33. The van der Waals surface area contributed by atoms with E-state index < -0.39 is 0 Å². The molecule has 2 heterocycles. The maximum absolute atomic E-state index is 5.57. The highest BCUT2D eigenvalue weighted by molar-refractivity contribution is 5.44. The Kier molecular flexibility index (Phi) is 6.20. The number of aromatic amines is 1.